The van der Waals surface area contributed by atoms with Gasteiger partial charge in [-0.05, 0) is 49.4 Å². The number of aliphatic hydroxyl groups is 1. The first-order chi connectivity index (χ1) is 44.7. The number of hydrogen-bond donors (Lipinski definition) is 3. The SMILES string of the molecule is CCC(C)CCCCCCCCCCCCC(=O)O[C@H](COC(=O)CCCCCCCCCCCCCCCC(C)C)COP(=O)(O)OCC(O)COP(=O)(O)OC[C@@H](COC(=O)CCCCCCCCCCC(C)C)OC(=O)CCCCCCCCCCC(C)CC. The molecule has 7 atom stereocenters. The third kappa shape index (κ3) is 65.8. The predicted molar refractivity (Wildman–Crippen MR) is 377 cm³/mol. The molecule has 0 fully saturated rings. The Bertz CT molecular complexity index is 1840. The Morgan fingerprint density at radius 1 is 0.301 bits per heavy atom. The molecule has 0 aromatic carbocycles. The number of aliphatic hydroxyl groups excluding tert-OH is 1. The second-order valence-corrected chi connectivity index (χ2v) is 31.0. The lowest BCUT2D eigenvalue weighted by Gasteiger charge is -2.21. The molecule has 17 nitrogen and oxygen atoms in total. The molecule has 0 bridgehead atoms. The summed E-state index contributed by atoms with van der Waals surface area (Å²) in [5.74, 6) is 0.965. The number of phosphoric acid groups is 2. The van der Waals surface area contributed by atoms with Gasteiger partial charge in [-0.25, -0.2) is 9.13 Å². The Balaban J connectivity index is 5.27. The van der Waals surface area contributed by atoms with Crippen molar-refractivity contribution >= 4 is 39.5 Å². The van der Waals surface area contributed by atoms with Crippen LogP contribution in [0.4, 0.5) is 0 Å². The fraction of sp³-hybridized carbons (Fsp3) is 0.946. The lowest BCUT2D eigenvalue weighted by molar-refractivity contribution is -0.161. The minimum absolute atomic E-state index is 0.104. The Hall–Kier alpha value is -1.94. The molecule has 5 unspecified atom stereocenters. The van der Waals surface area contributed by atoms with Crippen LogP contribution in [0.15, 0.2) is 0 Å². The zero-order valence-corrected chi connectivity index (χ0v) is 62.7. The molecule has 0 saturated heterocycles. The number of carbonyl (C=O) groups is 4. The molecular weight excluding hydrogens is 1220 g/mol. The van der Waals surface area contributed by atoms with Gasteiger partial charge in [0.15, 0.2) is 12.2 Å². The van der Waals surface area contributed by atoms with E-state index in [4.69, 9.17) is 37.0 Å². The quantitative estimate of drug-likeness (QED) is 0.0222. The van der Waals surface area contributed by atoms with Gasteiger partial charge < -0.3 is 33.8 Å². The van der Waals surface area contributed by atoms with Crippen LogP contribution < -0.4 is 0 Å². The molecular formula is C74H144O17P2. The molecule has 0 radical (unpaired) electrons. The average molecular weight is 1370 g/mol. The van der Waals surface area contributed by atoms with E-state index >= 15 is 0 Å². The standard InChI is InChI=1S/C74H144O17P2/c1-9-66(7)52-44-36-28-19-16-17-21-32-40-48-56-73(78)90-69(60-84-71(76)54-46-38-30-20-15-13-11-12-14-18-26-34-42-50-64(3)4)62-88-92(80,81)86-58-68(75)59-87-93(82,83)89-63-70(61-85-72(77)55-47-39-31-24-22-27-35-43-51-65(5)6)91-74(79)57-49-41-33-25-23-29-37-45-53-67(8)10-2/h64-70,75H,9-63H2,1-8H3,(H,80,81)(H,82,83)/t66?,67?,68?,69-,70-/m1/s1. The van der Waals surface area contributed by atoms with E-state index in [1.165, 1.54) is 173 Å². The minimum Gasteiger partial charge on any atom is -0.462 e. The monoisotopic (exact) mass is 1370 g/mol. The molecule has 0 amide bonds. The predicted octanol–water partition coefficient (Wildman–Crippen LogP) is 21.3. The van der Waals surface area contributed by atoms with Gasteiger partial charge in [0.2, 0.25) is 0 Å². The third-order valence-electron chi connectivity index (χ3n) is 17.8. The zero-order valence-electron chi connectivity index (χ0n) is 60.9. The smallest absolute Gasteiger partial charge is 0.462 e. The van der Waals surface area contributed by atoms with Crippen molar-refractivity contribution in [3.8, 4) is 0 Å². The molecule has 552 valence electrons. The summed E-state index contributed by atoms with van der Waals surface area (Å²) in [4.78, 5) is 72.7. The maximum atomic E-state index is 13.1. The Labute approximate surface area is 568 Å². The number of rotatable bonds is 71. The van der Waals surface area contributed by atoms with Gasteiger partial charge in [0, 0.05) is 25.7 Å². The summed E-state index contributed by atoms with van der Waals surface area (Å²) < 4.78 is 68.5. The summed E-state index contributed by atoms with van der Waals surface area (Å²) >= 11 is 0. The van der Waals surface area contributed by atoms with E-state index < -0.39 is 97.5 Å². The normalized spacial score (nSPS) is 14.8. The zero-order chi connectivity index (χ0) is 68.9. The maximum Gasteiger partial charge on any atom is 0.472 e. The molecule has 0 aromatic rings. The van der Waals surface area contributed by atoms with Crippen LogP contribution in [0.1, 0.15) is 370 Å². The van der Waals surface area contributed by atoms with Crippen LogP contribution in [-0.4, -0.2) is 96.7 Å². The lowest BCUT2D eigenvalue weighted by Crippen LogP contribution is -2.30. The Kier molecular flexibility index (Phi) is 62.2. The van der Waals surface area contributed by atoms with E-state index in [9.17, 15) is 43.2 Å². The molecule has 0 spiro atoms. The van der Waals surface area contributed by atoms with Crippen molar-refractivity contribution in [2.75, 3.05) is 39.6 Å². The van der Waals surface area contributed by atoms with E-state index in [1.54, 1.807) is 0 Å². The van der Waals surface area contributed by atoms with Gasteiger partial charge in [-0.3, -0.25) is 37.3 Å². The lowest BCUT2D eigenvalue weighted by atomic mass is 9.99. The highest BCUT2D eigenvalue weighted by atomic mass is 31.2. The van der Waals surface area contributed by atoms with Crippen molar-refractivity contribution in [1.82, 2.24) is 0 Å². The number of ether oxygens (including phenoxy) is 4. The van der Waals surface area contributed by atoms with Crippen LogP contribution in [0.5, 0.6) is 0 Å². The molecule has 0 rings (SSSR count). The highest BCUT2D eigenvalue weighted by Gasteiger charge is 2.30. The number of carbonyl (C=O) groups excluding carboxylic acids is 4. The van der Waals surface area contributed by atoms with E-state index in [0.29, 0.717) is 25.7 Å². The van der Waals surface area contributed by atoms with Gasteiger partial charge in [-0.2, -0.15) is 0 Å². The van der Waals surface area contributed by atoms with Crippen molar-refractivity contribution < 1.29 is 80.2 Å². The first-order valence-corrected chi connectivity index (χ1v) is 41.3. The average Bonchev–Trinajstić information content (AvgIpc) is 2.66. The van der Waals surface area contributed by atoms with E-state index in [2.05, 4.69) is 55.4 Å². The first kappa shape index (κ1) is 91.1. The highest BCUT2D eigenvalue weighted by molar-refractivity contribution is 7.47. The van der Waals surface area contributed by atoms with Crippen LogP contribution in [-0.2, 0) is 65.4 Å². The number of phosphoric ester groups is 2. The molecule has 93 heavy (non-hydrogen) atoms. The Morgan fingerprint density at radius 3 is 0.763 bits per heavy atom. The van der Waals surface area contributed by atoms with Gasteiger partial charge in [-0.1, -0.05) is 319 Å². The summed E-state index contributed by atoms with van der Waals surface area (Å²) in [6, 6.07) is 0. The van der Waals surface area contributed by atoms with Crippen molar-refractivity contribution in [2.45, 2.75) is 388 Å². The second kappa shape index (κ2) is 63.5. The topological polar surface area (TPSA) is 237 Å². The molecule has 0 saturated carbocycles. The largest absolute Gasteiger partial charge is 0.472 e. The van der Waals surface area contributed by atoms with Crippen molar-refractivity contribution in [3.63, 3.8) is 0 Å². The fourth-order valence-electron chi connectivity index (χ4n) is 11.1. The summed E-state index contributed by atoms with van der Waals surface area (Å²) in [6.07, 6.45) is 47.1. The van der Waals surface area contributed by atoms with Crippen LogP contribution in [0.25, 0.3) is 0 Å². The molecule has 3 N–H and O–H groups in total. The van der Waals surface area contributed by atoms with Gasteiger partial charge in [-0.15, -0.1) is 0 Å². The number of hydrogen-bond acceptors (Lipinski definition) is 15. The summed E-state index contributed by atoms with van der Waals surface area (Å²) in [6.45, 7) is 14.2. The maximum absolute atomic E-state index is 13.1. The molecule has 0 aliphatic heterocycles. The number of unbranched alkanes of at least 4 members (excludes halogenated alkanes) is 35. The van der Waals surface area contributed by atoms with E-state index in [0.717, 1.165) is 114 Å². The van der Waals surface area contributed by atoms with E-state index in [1.807, 2.05) is 0 Å². The second-order valence-electron chi connectivity index (χ2n) is 28.1. The molecule has 0 aliphatic carbocycles. The van der Waals surface area contributed by atoms with Crippen molar-refractivity contribution in [1.29, 1.82) is 0 Å². The van der Waals surface area contributed by atoms with Crippen LogP contribution in [0.3, 0.4) is 0 Å². The summed E-state index contributed by atoms with van der Waals surface area (Å²) in [5, 5.41) is 10.6. The van der Waals surface area contributed by atoms with Crippen LogP contribution in [0, 0.1) is 23.7 Å². The molecule has 19 heteroatoms. The van der Waals surface area contributed by atoms with Gasteiger partial charge in [0.25, 0.3) is 0 Å². The molecule has 0 aliphatic rings. The van der Waals surface area contributed by atoms with Gasteiger partial charge in [0.1, 0.15) is 19.3 Å². The molecule has 0 aromatic heterocycles. The van der Waals surface area contributed by atoms with Crippen LogP contribution in [0.2, 0.25) is 0 Å². The van der Waals surface area contributed by atoms with Crippen LogP contribution >= 0.6 is 15.6 Å². The van der Waals surface area contributed by atoms with Gasteiger partial charge in [0.05, 0.1) is 26.4 Å². The van der Waals surface area contributed by atoms with Crippen molar-refractivity contribution in [3.05, 3.63) is 0 Å². The Morgan fingerprint density at radius 2 is 0.516 bits per heavy atom. The van der Waals surface area contributed by atoms with Gasteiger partial charge >= 0.3 is 39.5 Å². The van der Waals surface area contributed by atoms with E-state index in [-0.39, 0.29) is 25.7 Å². The summed E-state index contributed by atoms with van der Waals surface area (Å²) in [7, 11) is -9.91. The van der Waals surface area contributed by atoms with Crippen molar-refractivity contribution in [2.24, 2.45) is 23.7 Å². The highest BCUT2D eigenvalue weighted by Crippen LogP contribution is 2.45. The minimum atomic E-state index is -4.96. The fourth-order valence-corrected chi connectivity index (χ4v) is 12.7. The first-order valence-electron chi connectivity index (χ1n) is 38.3. The summed E-state index contributed by atoms with van der Waals surface area (Å²) in [5.41, 5.74) is 0. The number of esters is 4. The molecule has 0 heterocycles. The third-order valence-corrected chi connectivity index (χ3v) is 19.7.